The van der Waals surface area contributed by atoms with Gasteiger partial charge < -0.3 is 10.6 Å². The van der Waals surface area contributed by atoms with Crippen molar-refractivity contribution in [2.45, 2.75) is 0 Å². The van der Waals surface area contributed by atoms with E-state index in [0.29, 0.717) is 16.3 Å². The maximum Gasteiger partial charge on any atom is 0.0991 e. The highest BCUT2D eigenvalue weighted by molar-refractivity contribution is 6.34. The van der Waals surface area contributed by atoms with E-state index in [4.69, 9.17) is 22.6 Å². The molecule has 0 saturated carbocycles. The van der Waals surface area contributed by atoms with Crippen LogP contribution in [0.4, 0.5) is 17.1 Å². The highest BCUT2D eigenvalue weighted by Gasteiger charge is 2.11. The van der Waals surface area contributed by atoms with E-state index in [9.17, 15) is 0 Å². The van der Waals surface area contributed by atoms with Crippen molar-refractivity contribution in [2.24, 2.45) is 0 Å². The van der Waals surface area contributed by atoms with Crippen molar-refractivity contribution in [2.75, 3.05) is 17.7 Å². The summed E-state index contributed by atoms with van der Waals surface area (Å²) in [6, 6.07) is 14.8. The van der Waals surface area contributed by atoms with E-state index in [1.165, 1.54) is 0 Å². The molecule has 90 valence electrons. The Kier molecular flexibility index (Phi) is 3.40. The predicted octanol–water partition coefficient (Wildman–Crippen LogP) is 3.56. The third-order valence-corrected chi connectivity index (χ3v) is 3.04. The molecule has 0 aliphatic heterocycles. The minimum atomic E-state index is 0.599. The van der Waals surface area contributed by atoms with Crippen LogP contribution >= 0.6 is 11.6 Å². The molecule has 0 fully saturated rings. The van der Waals surface area contributed by atoms with Gasteiger partial charge in [0.05, 0.1) is 28.0 Å². The number of anilines is 3. The number of halogens is 1. The monoisotopic (exact) mass is 257 g/mol. The molecule has 0 aliphatic rings. The predicted molar refractivity (Wildman–Crippen MR) is 75.1 cm³/mol. The molecule has 0 heterocycles. The zero-order valence-electron chi connectivity index (χ0n) is 9.89. The fourth-order valence-electron chi connectivity index (χ4n) is 1.77. The van der Waals surface area contributed by atoms with Gasteiger partial charge in [-0.1, -0.05) is 17.7 Å². The molecule has 0 amide bonds. The maximum absolute atomic E-state index is 8.77. The maximum atomic E-state index is 8.77. The molecule has 2 rings (SSSR count). The molecule has 18 heavy (non-hydrogen) atoms. The molecule has 2 aromatic carbocycles. The van der Waals surface area contributed by atoms with Gasteiger partial charge in [-0.2, -0.15) is 5.26 Å². The first-order chi connectivity index (χ1) is 8.63. The van der Waals surface area contributed by atoms with Gasteiger partial charge in [-0.05, 0) is 36.4 Å². The average Bonchev–Trinajstić information content (AvgIpc) is 2.38. The number of rotatable bonds is 2. The van der Waals surface area contributed by atoms with Gasteiger partial charge in [0.25, 0.3) is 0 Å². The van der Waals surface area contributed by atoms with Crippen molar-refractivity contribution in [3.05, 3.63) is 53.1 Å². The van der Waals surface area contributed by atoms with Gasteiger partial charge in [-0.25, -0.2) is 0 Å². The lowest BCUT2D eigenvalue weighted by molar-refractivity contribution is 1.21. The molecule has 3 nitrogen and oxygen atoms in total. The number of nitrogens with zero attached hydrogens (tertiary/aromatic N) is 2. The van der Waals surface area contributed by atoms with E-state index in [-0.39, 0.29) is 0 Å². The largest absolute Gasteiger partial charge is 0.397 e. The first-order valence-corrected chi connectivity index (χ1v) is 5.79. The van der Waals surface area contributed by atoms with E-state index in [0.717, 1.165) is 11.4 Å². The Morgan fingerprint density at radius 2 is 1.83 bits per heavy atom. The third-order valence-electron chi connectivity index (χ3n) is 2.74. The fraction of sp³-hybridized carbons (Fsp3) is 0.0714. The lowest BCUT2D eigenvalue weighted by Gasteiger charge is -2.22. The Morgan fingerprint density at radius 1 is 1.17 bits per heavy atom. The summed E-state index contributed by atoms with van der Waals surface area (Å²) in [6.45, 7) is 0. The average molecular weight is 258 g/mol. The minimum Gasteiger partial charge on any atom is -0.397 e. The Labute approximate surface area is 111 Å². The van der Waals surface area contributed by atoms with Crippen LogP contribution in [0.3, 0.4) is 0 Å². The zero-order valence-corrected chi connectivity index (χ0v) is 10.6. The van der Waals surface area contributed by atoms with Crippen LogP contribution in [0.5, 0.6) is 0 Å². The number of nitriles is 1. The molecule has 0 aliphatic carbocycles. The lowest BCUT2D eigenvalue weighted by Crippen LogP contribution is -2.12. The smallest absolute Gasteiger partial charge is 0.0991 e. The second-order valence-electron chi connectivity index (χ2n) is 3.90. The summed E-state index contributed by atoms with van der Waals surface area (Å²) in [7, 11) is 1.89. The van der Waals surface area contributed by atoms with Gasteiger partial charge in [-0.15, -0.1) is 0 Å². The van der Waals surface area contributed by atoms with Crippen LogP contribution in [0.15, 0.2) is 42.5 Å². The van der Waals surface area contributed by atoms with E-state index in [2.05, 4.69) is 6.07 Å². The molecule has 2 N–H and O–H groups in total. The topological polar surface area (TPSA) is 53.0 Å². The normalized spacial score (nSPS) is 9.83. The molecule has 0 atom stereocenters. The molecule has 0 spiro atoms. The Hall–Kier alpha value is -2.18. The third kappa shape index (κ3) is 2.24. The molecule has 2 aromatic rings. The van der Waals surface area contributed by atoms with E-state index < -0.39 is 0 Å². The van der Waals surface area contributed by atoms with Gasteiger partial charge in [0.1, 0.15) is 0 Å². The fourth-order valence-corrected chi connectivity index (χ4v) is 2.08. The number of hydrogen-bond donors (Lipinski definition) is 1. The number of nitrogens with two attached hydrogens (primary N) is 1. The van der Waals surface area contributed by atoms with Crippen LogP contribution in [-0.4, -0.2) is 7.05 Å². The van der Waals surface area contributed by atoms with E-state index in [1.807, 2.05) is 30.1 Å². The molecule has 4 heteroatoms. The van der Waals surface area contributed by atoms with Crippen LogP contribution in [0, 0.1) is 11.3 Å². The van der Waals surface area contributed by atoms with Crippen molar-refractivity contribution in [3.8, 4) is 6.07 Å². The summed E-state index contributed by atoms with van der Waals surface area (Å²) in [5.74, 6) is 0. The molecule has 0 unspecified atom stereocenters. The number of nitrogen functional groups attached to an aromatic ring is 1. The second kappa shape index (κ2) is 4.99. The minimum absolute atomic E-state index is 0.599. The van der Waals surface area contributed by atoms with Crippen molar-refractivity contribution in [1.82, 2.24) is 0 Å². The summed E-state index contributed by atoms with van der Waals surface area (Å²) in [5.41, 5.74) is 8.87. The Balaban J connectivity index is 2.42. The standard InChI is InChI=1S/C14H12ClN3/c1-18(11-7-5-10(9-16)6-8-11)14-12(15)3-2-4-13(14)17/h2-8H,17H2,1H3. The quantitative estimate of drug-likeness (QED) is 0.837. The molecule has 0 bridgehead atoms. The van der Waals surface area contributed by atoms with Crippen LogP contribution < -0.4 is 10.6 Å². The highest BCUT2D eigenvalue weighted by atomic mass is 35.5. The summed E-state index contributed by atoms with van der Waals surface area (Å²) < 4.78 is 0. The Morgan fingerprint density at radius 3 is 2.39 bits per heavy atom. The van der Waals surface area contributed by atoms with E-state index >= 15 is 0 Å². The number of benzene rings is 2. The summed E-state index contributed by atoms with van der Waals surface area (Å²) in [4.78, 5) is 1.90. The SMILES string of the molecule is CN(c1ccc(C#N)cc1)c1c(N)cccc1Cl. The van der Waals surface area contributed by atoms with Gasteiger partial charge in [-0.3, -0.25) is 0 Å². The summed E-state index contributed by atoms with van der Waals surface area (Å²) in [6.07, 6.45) is 0. The summed E-state index contributed by atoms with van der Waals surface area (Å²) >= 11 is 6.16. The lowest BCUT2D eigenvalue weighted by atomic mass is 10.2. The number of hydrogen-bond acceptors (Lipinski definition) is 3. The highest BCUT2D eigenvalue weighted by Crippen LogP contribution is 2.35. The van der Waals surface area contributed by atoms with E-state index in [1.54, 1.807) is 24.3 Å². The first-order valence-electron chi connectivity index (χ1n) is 5.41. The van der Waals surface area contributed by atoms with Crippen LogP contribution in [-0.2, 0) is 0 Å². The number of para-hydroxylation sites is 1. The first kappa shape index (κ1) is 12.3. The molecule has 0 saturated heterocycles. The van der Waals surface area contributed by atoms with Crippen LogP contribution in [0.2, 0.25) is 5.02 Å². The molecular weight excluding hydrogens is 246 g/mol. The summed E-state index contributed by atoms with van der Waals surface area (Å²) in [5, 5.41) is 9.37. The molecule has 0 aromatic heterocycles. The second-order valence-corrected chi connectivity index (χ2v) is 4.30. The van der Waals surface area contributed by atoms with Crippen molar-refractivity contribution < 1.29 is 0 Å². The van der Waals surface area contributed by atoms with Gasteiger partial charge in [0.2, 0.25) is 0 Å². The van der Waals surface area contributed by atoms with Gasteiger partial charge in [0, 0.05) is 12.7 Å². The molecular formula is C14H12ClN3. The van der Waals surface area contributed by atoms with Gasteiger partial charge >= 0.3 is 0 Å². The Bertz CT molecular complexity index is 579. The van der Waals surface area contributed by atoms with Crippen LogP contribution in [0.1, 0.15) is 5.56 Å². The van der Waals surface area contributed by atoms with Crippen molar-refractivity contribution in [3.63, 3.8) is 0 Å². The van der Waals surface area contributed by atoms with Crippen molar-refractivity contribution in [1.29, 1.82) is 5.26 Å². The zero-order chi connectivity index (χ0) is 13.1. The molecule has 0 radical (unpaired) electrons. The van der Waals surface area contributed by atoms with Crippen molar-refractivity contribution >= 4 is 28.7 Å². The van der Waals surface area contributed by atoms with Crippen LogP contribution in [0.25, 0.3) is 0 Å². The van der Waals surface area contributed by atoms with Gasteiger partial charge in [0.15, 0.2) is 0 Å².